The molecule has 0 N–H and O–H groups in total. The van der Waals surface area contributed by atoms with Crippen LogP contribution in [0.5, 0.6) is 0 Å². The maximum absolute atomic E-state index is 12.8. The van der Waals surface area contributed by atoms with Crippen LogP contribution >= 0.6 is 0 Å². The molecular formula is C17H24N2O4. The second kappa shape index (κ2) is 7.15. The molecule has 0 aromatic carbocycles. The number of rotatable bonds is 5. The molecule has 23 heavy (non-hydrogen) atoms. The van der Waals surface area contributed by atoms with E-state index in [1.54, 1.807) is 0 Å². The van der Waals surface area contributed by atoms with Gasteiger partial charge in [0.05, 0.1) is 13.7 Å². The first-order valence-electron chi connectivity index (χ1n) is 8.52. The highest BCUT2D eigenvalue weighted by molar-refractivity contribution is 5.86. The first-order chi connectivity index (χ1) is 11.2. The maximum Gasteiger partial charge on any atom is 0.360 e. The van der Waals surface area contributed by atoms with Crippen LogP contribution in [0.15, 0.2) is 10.7 Å². The molecule has 2 fully saturated rings. The van der Waals surface area contributed by atoms with E-state index in [9.17, 15) is 9.59 Å². The molecule has 0 radical (unpaired) electrons. The number of carbonyl (C=O) groups is 2. The predicted octanol–water partition coefficient (Wildman–Crippen LogP) is 2.92. The smallest absolute Gasteiger partial charge is 0.360 e. The van der Waals surface area contributed by atoms with Gasteiger partial charge < -0.3 is 14.1 Å². The van der Waals surface area contributed by atoms with Gasteiger partial charge in [-0.15, -0.1) is 0 Å². The van der Waals surface area contributed by atoms with Gasteiger partial charge in [-0.2, -0.15) is 0 Å². The predicted molar refractivity (Wildman–Crippen MR) is 82.6 cm³/mol. The van der Waals surface area contributed by atoms with Crippen LogP contribution in [0.25, 0.3) is 0 Å². The van der Waals surface area contributed by atoms with Crippen molar-refractivity contribution < 1.29 is 18.7 Å². The highest BCUT2D eigenvalue weighted by Gasteiger charge is 2.34. The fourth-order valence-corrected chi connectivity index (χ4v) is 3.40. The van der Waals surface area contributed by atoms with Crippen LogP contribution in [0.2, 0.25) is 0 Å². The normalized spacial score (nSPS) is 19.2. The lowest BCUT2D eigenvalue weighted by molar-refractivity contribution is -0.142. The lowest BCUT2D eigenvalue weighted by Gasteiger charge is -2.38. The van der Waals surface area contributed by atoms with Gasteiger partial charge in [0.15, 0.2) is 5.69 Å². The summed E-state index contributed by atoms with van der Waals surface area (Å²) in [6.45, 7) is 0.344. The topological polar surface area (TPSA) is 72.6 Å². The number of nitrogens with zero attached hydrogens (tertiary/aromatic N) is 2. The SMILES string of the molecule is COC(=O)c1coc(CN(C(=O)C2CCC2)C2CCCCC2)n1. The third-order valence-corrected chi connectivity index (χ3v) is 5.00. The Labute approximate surface area is 136 Å². The number of aromatic nitrogens is 1. The fraction of sp³-hybridized carbons (Fsp3) is 0.706. The molecule has 1 amide bonds. The van der Waals surface area contributed by atoms with Crippen molar-refractivity contribution in [1.82, 2.24) is 9.88 Å². The molecule has 0 bridgehead atoms. The molecule has 3 rings (SSSR count). The highest BCUT2D eigenvalue weighted by Crippen LogP contribution is 2.32. The third kappa shape index (κ3) is 3.57. The molecular weight excluding hydrogens is 296 g/mol. The van der Waals surface area contributed by atoms with Crippen molar-refractivity contribution in [3.8, 4) is 0 Å². The Balaban J connectivity index is 1.73. The van der Waals surface area contributed by atoms with Crippen molar-refractivity contribution in [3.05, 3.63) is 17.8 Å². The van der Waals surface area contributed by atoms with Crippen molar-refractivity contribution in [1.29, 1.82) is 0 Å². The summed E-state index contributed by atoms with van der Waals surface area (Å²) in [5, 5.41) is 0. The van der Waals surface area contributed by atoms with E-state index in [0.29, 0.717) is 12.4 Å². The van der Waals surface area contributed by atoms with E-state index in [-0.39, 0.29) is 23.6 Å². The van der Waals surface area contributed by atoms with Gasteiger partial charge in [0.25, 0.3) is 0 Å². The molecule has 0 atom stereocenters. The van der Waals surface area contributed by atoms with Crippen LogP contribution in [0.1, 0.15) is 67.7 Å². The van der Waals surface area contributed by atoms with Crippen molar-refractivity contribution in [2.75, 3.05) is 7.11 Å². The van der Waals surface area contributed by atoms with E-state index in [4.69, 9.17) is 4.42 Å². The Morgan fingerprint density at radius 2 is 1.96 bits per heavy atom. The Hall–Kier alpha value is -1.85. The molecule has 0 saturated heterocycles. The number of hydrogen-bond donors (Lipinski definition) is 0. The molecule has 126 valence electrons. The number of hydrogen-bond acceptors (Lipinski definition) is 5. The lowest BCUT2D eigenvalue weighted by atomic mass is 9.83. The van der Waals surface area contributed by atoms with E-state index < -0.39 is 5.97 Å². The quantitative estimate of drug-likeness (QED) is 0.780. The second-order valence-electron chi connectivity index (χ2n) is 6.50. The van der Waals surface area contributed by atoms with Crippen molar-refractivity contribution in [2.45, 2.75) is 64.0 Å². The zero-order valence-corrected chi connectivity index (χ0v) is 13.6. The number of oxazole rings is 1. The minimum absolute atomic E-state index is 0.155. The molecule has 0 unspecified atom stereocenters. The Morgan fingerprint density at radius 1 is 1.22 bits per heavy atom. The average molecular weight is 320 g/mol. The number of esters is 1. The second-order valence-corrected chi connectivity index (χ2v) is 6.50. The van der Waals surface area contributed by atoms with Crippen LogP contribution in [0.3, 0.4) is 0 Å². The lowest BCUT2D eigenvalue weighted by Crippen LogP contribution is -2.45. The van der Waals surface area contributed by atoms with Gasteiger partial charge in [-0.3, -0.25) is 4.79 Å². The first-order valence-corrected chi connectivity index (χ1v) is 8.52. The van der Waals surface area contributed by atoms with Gasteiger partial charge in [0, 0.05) is 12.0 Å². The Bertz CT molecular complexity index is 559. The highest BCUT2D eigenvalue weighted by atomic mass is 16.5. The van der Waals surface area contributed by atoms with Gasteiger partial charge >= 0.3 is 5.97 Å². The van der Waals surface area contributed by atoms with Crippen LogP contribution in [-0.4, -0.2) is 34.9 Å². The standard InChI is InChI=1S/C17H24N2O4/c1-22-17(21)14-11-23-15(18-14)10-19(13-8-3-2-4-9-13)16(20)12-6-5-7-12/h11-13H,2-10H2,1H3. The first kappa shape index (κ1) is 16.0. The third-order valence-electron chi connectivity index (χ3n) is 5.00. The summed E-state index contributed by atoms with van der Waals surface area (Å²) >= 11 is 0. The van der Waals surface area contributed by atoms with E-state index in [1.165, 1.54) is 19.8 Å². The van der Waals surface area contributed by atoms with E-state index in [0.717, 1.165) is 44.9 Å². The van der Waals surface area contributed by atoms with Gasteiger partial charge in [-0.25, -0.2) is 9.78 Å². The van der Waals surface area contributed by atoms with E-state index >= 15 is 0 Å². The molecule has 6 nitrogen and oxygen atoms in total. The summed E-state index contributed by atoms with van der Waals surface area (Å²) in [5.74, 6) is 0.270. The minimum atomic E-state index is -0.519. The molecule has 2 aliphatic carbocycles. The molecule has 0 spiro atoms. The van der Waals surface area contributed by atoms with Crippen molar-refractivity contribution in [3.63, 3.8) is 0 Å². The van der Waals surface area contributed by atoms with Crippen molar-refractivity contribution in [2.24, 2.45) is 5.92 Å². The zero-order valence-electron chi connectivity index (χ0n) is 13.6. The summed E-state index contributed by atoms with van der Waals surface area (Å²) in [5.41, 5.74) is 0.155. The molecule has 2 aliphatic rings. The average Bonchev–Trinajstić information content (AvgIpc) is 2.99. The summed E-state index contributed by atoms with van der Waals surface area (Å²) in [6, 6.07) is 0.269. The molecule has 1 aromatic rings. The number of carbonyl (C=O) groups excluding carboxylic acids is 2. The number of amides is 1. The summed E-state index contributed by atoms with van der Waals surface area (Å²) in [6.07, 6.45) is 10.1. The van der Waals surface area contributed by atoms with Gasteiger partial charge in [-0.1, -0.05) is 25.7 Å². The van der Waals surface area contributed by atoms with Gasteiger partial charge in [0.1, 0.15) is 6.26 Å². The Kier molecular flexibility index (Phi) is 4.98. The monoisotopic (exact) mass is 320 g/mol. The van der Waals surface area contributed by atoms with Gasteiger partial charge in [-0.05, 0) is 25.7 Å². The molecule has 1 heterocycles. The molecule has 2 saturated carbocycles. The summed E-state index contributed by atoms with van der Waals surface area (Å²) < 4.78 is 10.0. The van der Waals surface area contributed by atoms with Crippen LogP contribution in [-0.2, 0) is 16.1 Å². The van der Waals surface area contributed by atoms with E-state index in [1.807, 2.05) is 4.90 Å². The Morgan fingerprint density at radius 3 is 2.57 bits per heavy atom. The fourth-order valence-electron chi connectivity index (χ4n) is 3.40. The zero-order chi connectivity index (χ0) is 16.2. The number of ether oxygens (including phenoxy) is 1. The van der Waals surface area contributed by atoms with Crippen molar-refractivity contribution >= 4 is 11.9 Å². The maximum atomic E-state index is 12.8. The molecule has 0 aliphatic heterocycles. The minimum Gasteiger partial charge on any atom is -0.464 e. The molecule has 1 aromatic heterocycles. The van der Waals surface area contributed by atoms with Gasteiger partial charge in [0.2, 0.25) is 11.8 Å². The largest absolute Gasteiger partial charge is 0.464 e. The van der Waals surface area contributed by atoms with Crippen LogP contribution < -0.4 is 0 Å². The number of methoxy groups -OCH3 is 1. The van der Waals surface area contributed by atoms with Crippen LogP contribution in [0.4, 0.5) is 0 Å². The van der Waals surface area contributed by atoms with E-state index in [2.05, 4.69) is 9.72 Å². The molecule has 6 heteroatoms. The summed E-state index contributed by atoms with van der Waals surface area (Å²) in [7, 11) is 1.31. The van der Waals surface area contributed by atoms with Crippen LogP contribution in [0, 0.1) is 5.92 Å². The summed E-state index contributed by atoms with van der Waals surface area (Å²) in [4.78, 5) is 30.4.